The molecule has 0 radical (unpaired) electrons. The van der Waals surface area contributed by atoms with Gasteiger partial charge in [-0.15, -0.1) is 22.7 Å². The molecule has 13 heteroatoms. The van der Waals surface area contributed by atoms with Crippen molar-refractivity contribution in [2.75, 3.05) is 35.4 Å². The third-order valence-corrected chi connectivity index (χ3v) is 10.1. The normalized spacial score (nSPS) is 11.1. The Balaban J connectivity index is 1.10. The van der Waals surface area contributed by atoms with E-state index in [4.69, 9.17) is 21.1 Å². The van der Waals surface area contributed by atoms with Crippen molar-refractivity contribution in [2.24, 2.45) is 0 Å². The number of hydrogen-bond acceptors (Lipinski definition) is 10. The number of thiazole rings is 2. The largest absolute Gasteiger partial charge is 0.494 e. The number of nitrogens with one attached hydrogen (secondary N) is 2. The highest BCUT2D eigenvalue weighted by Gasteiger charge is 2.13. The van der Waals surface area contributed by atoms with Crippen LogP contribution in [0.5, 0.6) is 11.5 Å². The predicted molar refractivity (Wildman–Crippen MR) is 172 cm³/mol. The minimum atomic E-state index is -0.205. The monoisotopic (exact) mass is 644 g/mol. The summed E-state index contributed by atoms with van der Waals surface area (Å²) in [5, 5.41) is 6.00. The predicted octanol–water partition coefficient (Wildman–Crippen LogP) is 7.82. The van der Waals surface area contributed by atoms with Crippen molar-refractivity contribution in [3.63, 3.8) is 0 Å². The highest BCUT2D eigenvalue weighted by Crippen LogP contribution is 2.34. The summed E-state index contributed by atoms with van der Waals surface area (Å²) in [5.74, 6) is 1.60. The number of amides is 2. The van der Waals surface area contributed by atoms with E-state index in [-0.39, 0.29) is 23.3 Å². The van der Waals surface area contributed by atoms with Gasteiger partial charge in [0.05, 0.1) is 55.9 Å². The SMILES string of the molecule is CCOc1ccc2nc(SCC(=O)Nc3ccc(NC(=O)CSc4nc5ccc(OCC)cc5s4)c(Cl)c3)sc2c1. The highest BCUT2D eigenvalue weighted by molar-refractivity contribution is 8.02. The van der Waals surface area contributed by atoms with Crippen LogP contribution < -0.4 is 20.1 Å². The fraction of sp³-hybridized carbons (Fsp3) is 0.214. The number of ether oxygens (including phenoxy) is 2. The number of benzene rings is 3. The van der Waals surface area contributed by atoms with Gasteiger partial charge in [-0.05, 0) is 68.4 Å². The van der Waals surface area contributed by atoms with Gasteiger partial charge in [0.15, 0.2) is 8.68 Å². The molecule has 41 heavy (non-hydrogen) atoms. The molecular weight excluding hydrogens is 620 g/mol. The third kappa shape index (κ3) is 7.83. The standard InChI is InChI=1S/C28H25ClN4O4S4/c1-3-36-17-6-9-21-23(12-17)40-27(32-21)38-14-25(34)30-16-5-8-20(19(29)11-16)31-26(35)15-39-28-33-22-10-7-18(37-4-2)13-24(22)41-28/h5-13H,3-4,14-15H2,1-2H3,(H,30,34)(H,31,35). The van der Waals surface area contributed by atoms with Gasteiger partial charge in [0.25, 0.3) is 0 Å². The topological polar surface area (TPSA) is 102 Å². The van der Waals surface area contributed by atoms with Crippen LogP contribution in [0.1, 0.15) is 13.8 Å². The van der Waals surface area contributed by atoms with Gasteiger partial charge in [0, 0.05) is 5.69 Å². The van der Waals surface area contributed by atoms with Gasteiger partial charge in [-0.25, -0.2) is 9.97 Å². The minimum absolute atomic E-state index is 0.183. The Labute approximate surface area is 258 Å². The fourth-order valence-electron chi connectivity index (χ4n) is 3.74. The van der Waals surface area contributed by atoms with Crippen molar-refractivity contribution in [1.29, 1.82) is 0 Å². The lowest BCUT2D eigenvalue weighted by Gasteiger charge is -2.10. The van der Waals surface area contributed by atoms with Crippen molar-refractivity contribution in [3.8, 4) is 11.5 Å². The van der Waals surface area contributed by atoms with Crippen molar-refractivity contribution in [2.45, 2.75) is 22.5 Å². The third-order valence-electron chi connectivity index (χ3n) is 5.48. The molecule has 0 unspecified atom stereocenters. The van der Waals surface area contributed by atoms with Crippen LogP contribution in [0.4, 0.5) is 11.4 Å². The van der Waals surface area contributed by atoms with E-state index >= 15 is 0 Å². The number of halogens is 1. The van der Waals surface area contributed by atoms with E-state index in [0.29, 0.717) is 29.6 Å². The Kier molecular flexibility index (Phi) is 9.88. The summed E-state index contributed by atoms with van der Waals surface area (Å²) in [7, 11) is 0. The zero-order valence-corrected chi connectivity index (χ0v) is 26.1. The second-order valence-corrected chi connectivity index (χ2v) is 13.4. The molecule has 0 saturated heterocycles. The van der Waals surface area contributed by atoms with E-state index < -0.39 is 0 Å². The van der Waals surface area contributed by atoms with Crippen molar-refractivity contribution in [1.82, 2.24) is 9.97 Å². The molecule has 2 amide bonds. The number of fused-ring (bicyclic) bond motifs is 2. The molecule has 0 spiro atoms. The molecule has 8 nitrogen and oxygen atoms in total. The summed E-state index contributed by atoms with van der Waals surface area (Å²) in [5.41, 5.74) is 2.76. The summed E-state index contributed by atoms with van der Waals surface area (Å²) in [6, 6.07) is 16.5. The maximum Gasteiger partial charge on any atom is 0.234 e. The van der Waals surface area contributed by atoms with Gasteiger partial charge in [-0.1, -0.05) is 35.1 Å². The van der Waals surface area contributed by atoms with E-state index in [1.807, 2.05) is 50.2 Å². The van der Waals surface area contributed by atoms with E-state index in [0.717, 1.165) is 40.6 Å². The number of nitrogens with zero attached hydrogens (tertiary/aromatic N) is 2. The van der Waals surface area contributed by atoms with Gasteiger partial charge in [-0.3, -0.25) is 9.59 Å². The van der Waals surface area contributed by atoms with Gasteiger partial charge in [0.2, 0.25) is 11.8 Å². The van der Waals surface area contributed by atoms with Gasteiger partial charge in [0.1, 0.15) is 11.5 Å². The molecule has 2 aromatic heterocycles. The second kappa shape index (κ2) is 13.8. The van der Waals surface area contributed by atoms with Crippen LogP contribution in [0.15, 0.2) is 63.3 Å². The molecule has 0 fully saturated rings. The van der Waals surface area contributed by atoms with Crippen LogP contribution >= 0.6 is 57.8 Å². The van der Waals surface area contributed by atoms with E-state index in [1.54, 1.807) is 18.2 Å². The lowest BCUT2D eigenvalue weighted by atomic mass is 10.2. The maximum atomic E-state index is 12.6. The van der Waals surface area contributed by atoms with Crippen molar-refractivity contribution >= 4 is 101 Å². The zero-order chi connectivity index (χ0) is 28.8. The van der Waals surface area contributed by atoms with Gasteiger partial charge >= 0.3 is 0 Å². The first kappa shape index (κ1) is 29.5. The summed E-state index contributed by atoms with van der Waals surface area (Å²) in [6.45, 7) is 5.09. The molecule has 3 aromatic carbocycles. The number of anilines is 2. The molecule has 0 aliphatic rings. The Morgan fingerprint density at radius 1 is 0.780 bits per heavy atom. The lowest BCUT2D eigenvalue weighted by molar-refractivity contribution is -0.114. The molecule has 0 bridgehead atoms. The van der Waals surface area contributed by atoms with Gasteiger partial charge in [-0.2, -0.15) is 0 Å². The van der Waals surface area contributed by atoms with Crippen LogP contribution in [0.2, 0.25) is 5.02 Å². The molecule has 212 valence electrons. The smallest absolute Gasteiger partial charge is 0.234 e. The average Bonchev–Trinajstić information content (AvgIpc) is 3.55. The van der Waals surface area contributed by atoms with E-state index in [9.17, 15) is 9.59 Å². The second-order valence-electron chi connectivity index (χ2n) is 8.45. The molecule has 0 saturated carbocycles. The number of rotatable bonds is 12. The molecule has 0 aliphatic heterocycles. The molecular formula is C28H25ClN4O4S4. The number of thioether (sulfide) groups is 2. The summed E-state index contributed by atoms with van der Waals surface area (Å²) in [4.78, 5) is 34.3. The Morgan fingerprint density at radius 3 is 1.83 bits per heavy atom. The van der Waals surface area contributed by atoms with Crippen LogP contribution in [0.3, 0.4) is 0 Å². The first-order chi connectivity index (χ1) is 19.9. The molecule has 0 aliphatic carbocycles. The van der Waals surface area contributed by atoms with Crippen LogP contribution in [-0.2, 0) is 9.59 Å². The Morgan fingerprint density at radius 2 is 1.32 bits per heavy atom. The Hall–Kier alpha value is -3.03. The van der Waals surface area contributed by atoms with E-state index in [1.165, 1.54) is 46.2 Å². The maximum absolute atomic E-state index is 12.6. The number of hydrogen-bond donors (Lipinski definition) is 2. The number of carbonyl (C=O) groups excluding carboxylic acids is 2. The first-order valence-electron chi connectivity index (χ1n) is 12.6. The van der Waals surface area contributed by atoms with Crippen LogP contribution in [0, 0.1) is 0 Å². The molecule has 5 rings (SSSR count). The minimum Gasteiger partial charge on any atom is -0.494 e. The number of aromatic nitrogens is 2. The quantitative estimate of drug-likeness (QED) is 0.133. The summed E-state index contributed by atoms with van der Waals surface area (Å²) < 4.78 is 14.7. The van der Waals surface area contributed by atoms with Crippen molar-refractivity contribution in [3.05, 3.63) is 59.6 Å². The van der Waals surface area contributed by atoms with Crippen LogP contribution in [0.25, 0.3) is 20.4 Å². The van der Waals surface area contributed by atoms with Gasteiger partial charge < -0.3 is 20.1 Å². The zero-order valence-electron chi connectivity index (χ0n) is 22.1. The first-order valence-corrected chi connectivity index (χ1v) is 16.6. The molecule has 2 heterocycles. The fourth-order valence-corrected chi connectivity index (χ4v) is 7.76. The molecule has 5 aromatic rings. The highest BCUT2D eigenvalue weighted by atomic mass is 35.5. The summed E-state index contributed by atoms with van der Waals surface area (Å²) in [6.07, 6.45) is 0. The molecule has 2 N–H and O–H groups in total. The van der Waals surface area contributed by atoms with E-state index in [2.05, 4.69) is 20.6 Å². The van der Waals surface area contributed by atoms with Crippen LogP contribution in [-0.4, -0.2) is 46.5 Å². The Bertz CT molecular complexity index is 1710. The van der Waals surface area contributed by atoms with Crippen molar-refractivity contribution < 1.29 is 19.1 Å². The average molecular weight is 645 g/mol. The lowest BCUT2D eigenvalue weighted by Crippen LogP contribution is -2.15. The molecule has 0 atom stereocenters. The summed E-state index contributed by atoms with van der Waals surface area (Å²) >= 11 is 12.2. The number of carbonyl (C=O) groups is 2.